The molecular weight excluding hydrogens is 392 g/mol. The Balaban J connectivity index is 1.32. The number of benzene rings is 2. The minimum absolute atomic E-state index is 0.00716. The van der Waals surface area contributed by atoms with Crippen LogP contribution < -0.4 is 0 Å². The van der Waals surface area contributed by atoms with Crippen LogP contribution in [0.25, 0.3) is 11.4 Å². The molecule has 1 saturated heterocycles. The van der Waals surface area contributed by atoms with Gasteiger partial charge < -0.3 is 9.80 Å². The third-order valence-corrected chi connectivity index (χ3v) is 5.02. The number of hydrogen-bond donors (Lipinski definition) is 0. The summed E-state index contributed by atoms with van der Waals surface area (Å²) < 4.78 is 0. The zero-order chi connectivity index (χ0) is 20.2. The molecule has 0 radical (unpaired) electrons. The van der Waals surface area contributed by atoms with Gasteiger partial charge in [-0.05, 0) is 41.6 Å². The van der Waals surface area contributed by atoms with Crippen LogP contribution in [0.3, 0.4) is 0 Å². The van der Waals surface area contributed by atoms with Crippen molar-refractivity contribution < 1.29 is 9.59 Å². The third-order valence-electron chi connectivity index (χ3n) is 4.77. The summed E-state index contributed by atoms with van der Waals surface area (Å²) in [6, 6.07) is 16.3. The fourth-order valence-corrected chi connectivity index (χ4v) is 3.29. The number of tetrazole rings is 1. The minimum Gasteiger partial charge on any atom is -0.337 e. The molecule has 1 aliphatic heterocycles. The molecule has 1 aliphatic rings. The molecule has 4 rings (SSSR count). The van der Waals surface area contributed by atoms with Gasteiger partial charge in [0.15, 0.2) is 0 Å². The van der Waals surface area contributed by atoms with Gasteiger partial charge in [0.1, 0.15) is 6.54 Å². The van der Waals surface area contributed by atoms with Crippen LogP contribution in [0.15, 0.2) is 54.6 Å². The quantitative estimate of drug-likeness (QED) is 0.656. The molecule has 0 atom stereocenters. The molecule has 148 valence electrons. The normalized spacial score (nSPS) is 14.1. The number of carbonyl (C=O) groups is 2. The predicted molar refractivity (Wildman–Crippen MR) is 107 cm³/mol. The highest BCUT2D eigenvalue weighted by Crippen LogP contribution is 2.17. The summed E-state index contributed by atoms with van der Waals surface area (Å²) in [5.74, 6) is 0.327. The molecule has 0 spiro atoms. The first-order chi connectivity index (χ1) is 14.1. The Bertz CT molecular complexity index is 997. The summed E-state index contributed by atoms with van der Waals surface area (Å²) in [6.45, 7) is 1.97. The maximum Gasteiger partial charge on any atom is 0.253 e. The molecule has 2 heterocycles. The average Bonchev–Trinajstić information content (AvgIpc) is 3.23. The van der Waals surface area contributed by atoms with Gasteiger partial charge in [-0.1, -0.05) is 29.8 Å². The Morgan fingerprint density at radius 3 is 2.24 bits per heavy atom. The Morgan fingerprint density at radius 2 is 1.55 bits per heavy atom. The molecule has 0 N–H and O–H groups in total. The highest BCUT2D eigenvalue weighted by molar-refractivity contribution is 6.30. The highest BCUT2D eigenvalue weighted by Gasteiger charge is 2.25. The van der Waals surface area contributed by atoms with Crippen molar-refractivity contribution in [1.82, 2.24) is 30.0 Å². The molecule has 2 amide bonds. The number of rotatable bonds is 4. The first-order valence-corrected chi connectivity index (χ1v) is 9.64. The maximum absolute atomic E-state index is 12.6. The summed E-state index contributed by atoms with van der Waals surface area (Å²) in [4.78, 5) is 29.9. The predicted octanol–water partition coefficient (Wildman–Crippen LogP) is 1.98. The smallest absolute Gasteiger partial charge is 0.253 e. The van der Waals surface area contributed by atoms with Gasteiger partial charge in [0.05, 0.1) is 0 Å². The number of halogens is 1. The number of hydrogen-bond acceptors (Lipinski definition) is 5. The fourth-order valence-electron chi connectivity index (χ4n) is 3.17. The van der Waals surface area contributed by atoms with E-state index in [0.29, 0.717) is 42.6 Å². The lowest BCUT2D eigenvalue weighted by Crippen LogP contribution is -2.51. The van der Waals surface area contributed by atoms with Crippen LogP contribution >= 0.6 is 11.6 Å². The average molecular weight is 411 g/mol. The monoisotopic (exact) mass is 410 g/mol. The van der Waals surface area contributed by atoms with E-state index in [9.17, 15) is 9.59 Å². The van der Waals surface area contributed by atoms with Gasteiger partial charge in [0, 0.05) is 42.3 Å². The van der Waals surface area contributed by atoms with Gasteiger partial charge >= 0.3 is 0 Å². The molecule has 1 fully saturated rings. The molecule has 2 aromatic carbocycles. The molecular formula is C20H19ClN6O2. The van der Waals surface area contributed by atoms with Crippen molar-refractivity contribution in [2.24, 2.45) is 0 Å². The van der Waals surface area contributed by atoms with Crippen LogP contribution in [0.2, 0.25) is 5.02 Å². The lowest BCUT2D eigenvalue weighted by molar-refractivity contribution is -0.133. The zero-order valence-electron chi connectivity index (χ0n) is 15.6. The van der Waals surface area contributed by atoms with Gasteiger partial charge in [0.2, 0.25) is 11.7 Å². The summed E-state index contributed by atoms with van der Waals surface area (Å²) in [5.41, 5.74) is 1.44. The second-order valence-corrected chi connectivity index (χ2v) is 7.13. The third kappa shape index (κ3) is 4.43. The number of aromatic nitrogens is 4. The second-order valence-electron chi connectivity index (χ2n) is 6.69. The Morgan fingerprint density at radius 1 is 0.897 bits per heavy atom. The molecule has 0 aliphatic carbocycles. The molecule has 8 nitrogen and oxygen atoms in total. The lowest BCUT2D eigenvalue weighted by Gasteiger charge is -2.34. The number of nitrogens with zero attached hydrogens (tertiary/aromatic N) is 6. The van der Waals surface area contributed by atoms with E-state index in [1.807, 2.05) is 18.2 Å². The van der Waals surface area contributed by atoms with E-state index in [2.05, 4.69) is 15.4 Å². The van der Waals surface area contributed by atoms with Crippen molar-refractivity contribution in [1.29, 1.82) is 0 Å². The van der Waals surface area contributed by atoms with Crippen LogP contribution in [0.4, 0.5) is 0 Å². The van der Waals surface area contributed by atoms with Crippen molar-refractivity contribution in [2.45, 2.75) is 6.54 Å². The van der Waals surface area contributed by atoms with Gasteiger partial charge in [-0.3, -0.25) is 9.59 Å². The number of piperazine rings is 1. The Kier molecular flexibility index (Phi) is 5.53. The topological polar surface area (TPSA) is 84.2 Å². The first-order valence-electron chi connectivity index (χ1n) is 9.26. The molecule has 9 heteroatoms. The van der Waals surface area contributed by atoms with Crippen molar-refractivity contribution in [2.75, 3.05) is 26.2 Å². The molecule has 1 aromatic heterocycles. The Hall–Kier alpha value is -3.26. The lowest BCUT2D eigenvalue weighted by atomic mass is 10.2. The minimum atomic E-state index is -0.100. The van der Waals surface area contributed by atoms with E-state index in [1.54, 1.807) is 46.2 Å². The van der Waals surface area contributed by atoms with Crippen LogP contribution in [0.1, 0.15) is 10.4 Å². The fraction of sp³-hybridized carbons (Fsp3) is 0.250. The van der Waals surface area contributed by atoms with Gasteiger partial charge in [-0.25, -0.2) is 0 Å². The molecule has 3 aromatic rings. The van der Waals surface area contributed by atoms with Crippen molar-refractivity contribution in [3.8, 4) is 11.4 Å². The van der Waals surface area contributed by atoms with Crippen LogP contribution in [-0.4, -0.2) is 68.0 Å². The first kappa shape index (κ1) is 19.1. The SMILES string of the molecule is O=C(Cn1nnc(-c2ccc(Cl)cc2)n1)N1CCN(C(=O)c2ccccc2)CC1. The Labute approximate surface area is 172 Å². The molecule has 29 heavy (non-hydrogen) atoms. The van der Waals surface area contributed by atoms with Gasteiger partial charge in [-0.2, -0.15) is 4.80 Å². The van der Waals surface area contributed by atoms with E-state index in [4.69, 9.17) is 11.6 Å². The standard InChI is InChI=1S/C20H19ClN6O2/c21-17-8-6-15(7-9-17)19-22-24-27(23-19)14-18(28)25-10-12-26(13-11-25)20(29)16-4-2-1-3-5-16/h1-9H,10-14H2. The van der Waals surface area contributed by atoms with Gasteiger partial charge in [-0.15, -0.1) is 10.2 Å². The largest absolute Gasteiger partial charge is 0.337 e. The molecule has 0 saturated carbocycles. The van der Waals surface area contributed by atoms with Crippen LogP contribution in [0, 0.1) is 0 Å². The highest BCUT2D eigenvalue weighted by atomic mass is 35.5. The van der Waals surface area contributed by atoms with E-state index >= 15 is 0 Å². The van der Waals surface area contributed by atoms with E-state index in [-0.39, 0.29) is 18.4 Å². The zero-order valence-corrected chi connectivity index (χ0v) is 16.4. The van der Waals surface area contributed by atoms with E-state index in [1.165, 1.54) is 4.80 Å². The van der Waals surface area contributed by atoms with E-state index in [0.717, 1.165) is 5.56 Å². The van der Waals surface area contributed by atoms with Crippen LogP contribution in [-0.2, 0) is 11.3 Å². The van der Waals surface area contributed by atoms with Gasteiger partial charge in [0.25, 0.3) is 5.91 Å². The summed E-state index contributed by atoms with van der Waals surface area (Å²) >= 11 is 5.89. The van der Waals surface area contributed by atoms with Crippen molar-refractivity contribution >= 4 is 23.4 Å². The van der Waals surface area contributed by atoms with Crippen molar-refractivity contribution in [3.05, 3.63) is 65.2 Å². The summed E-state index contributed by atoms with van der Waals surface area (Å²) in [6.07, 6.45) is 0. The number of amides is 2. The molecule has 0 bridgehead atoms. The maximum atomic E-state index is 12.6. The van der Waals surface area contributed by atoms with Crippen molar-refractivity contribution in [3.63, 3.8) is 0 Å². The summed E-state index contributed by atoms with van der Waals surface area (Å²) in [5, 5.41) is 12.9. The summed E-state index contributed by atoms with van der Waals surface area (Å²) in [7, 11) is 0. The second kappa shape index (κ2) is 8.40. The van der Waals surface area contributed by atoms with Crippen LogP contribution in [0.5, 0.6) is 0 Å². The van der Waals surface area contributed by atoms with E-state index < -0.39 is 0 Å². The number of carbonyl (C=O) groups excluding carboxylic acids is 2. The molecule has 0 unspecified atom stereocenters.